The number of hydrogen-bond donors (Lipinski definition) is 1. The van der Waals surface area contributed by atoms with E-state index in [1.54, 1.807) is 0 Å². The lowest BCUT2D eigenvalue weighted by Crippen LogP contribution is -1.99. The molecule has 7 rings (SSSR count). The van der Waals surface area contributed by atoms with Crippen molar-refractivity contribution in [3.63, 3.8) is 0 Å². The minimum absolute atomic E-state index is 1.06. The first kappa shape index (κ1) is 26.6. The van der Waals surface area contributed by atoms with E-state index in [0.717, 1.165) is 41.0 Å². The molecule has 2 nitrogen and oxygen atoms in total. The Bertz CT molecular complexity index is 2100. The van der Waals surface area contributed by atoms with Crippen LogP contribution in [0.4, 0.5) is 11.4 Å². The fraction of sp³-hybridized carbons (Fsp3) is 0.0732. The molecule has 2 heteroatoms. The molecule has 0 spiro atoms. The first-order chi connectivity index (χ1) is 21.1. The van der Waals surface area contributed by atoms with Gasteiger partial charge in [-0.2, -0.15) is 0 Å². The maximum atomic E-state index is 4.00. The van der Waals surface area contributed by atoms with Crippen LogP contribution in [0, 0.1) is 0 Å². The quantitative estimate of drug-likeness (QED) is 0.208. The molecule has 0 radical (unpaired) electrons. The van der Waals surface area contributed by atoms with Crippen molar-refractivity contribution in [3.8, 4) is 16.8 Å². The van der Waals surface area contributed by atoms with Crippen molar-refractivity contribution in [3.05, 3.63) is 157 Å². The topological polar surface area (TPSA) is 17.0 Å². The minimum atomic E-state index is 1.06. The first-order valence-corrected chi connectivity index (χ1v) is 14.9. The van der Waals surface area contributed by atoms with E-state index in [-0.39, 0.29) is 0 Å². The molecule has 6 aromatic rings. The molecular formula is C41H34N2. The van der Waals surface area contributed by atoms with Crippen LogP contribution in [-0.2, 0) is 0 Å². The molecule has 208 valence electrons. The maximum absolute atomic E-state index is 4.00. The van der Waals surface area contributed by atoms with Crippen LogP contribution in [0.15, 0.2) is 140 Å². The summed E-state index contributed by atoms with van der Waals surface area (Å²) in [4.78, 5) is 0. The standard InChI is InChI=1S/C41H34N2/c1-4-29-20-22-39(37(24-29)35-17-7-6-12-28(35)3)42-33-15-10-13-31(26-33)32-14-11-16-34(27-32)43-40-19-9-8-18-36(40)38-25-30(5-2)21-23-41(38)43/h4-5,7-11,13-27,42H,1-2,6,12H2,3H3. The second-order valence-corrected chi connectivity index (χ2v) is 11.2. The zero-order valence-electron chi connectivity index (χ0n) is 24.5. The predicted molar refractivity (Wildman–Crippen MR) is 187 cm³/mol. The molecule has 1 N–H and O–H groups in total. The van der Waals surface area contributed by atoms with Crippen LogP contribution in [-0.4, -0.2) is 4.57 Å². The van der Waals surface area contributed by atoms with Crippen LogP contribution < -0.4 is 5.32 Å². The van der Waals surface area contributed by atoms with Crippen molar-refractivity contribution in [2.45, 2.75) is 19.8 Å². The van der Waals surface area contributed by atoms with Gasteiger partial charge in [-0.1, -0.05) is 97.6 Å². The Balaban J connectivity index is 1.28. The largest absolute Gasteiger partial charge is 0.355 e. The minimum Gasteiger partial charge on any atom is -0.355 e. The molecule has 5 aromatic carbocycles. The van der Waals surface area contributed by atoms with Crippen molar-refractivity contribution < 1.29 is 0 Å². The van der Waals surface area contributed by atoms with Crippen LogP contribution in [0.3, 0.4) is 0 Å². The third-order valence-corrected chi connectivity index (χ3v) is 8.51. The monoisotopic (exact) mass is 554 g/mol. The van der Waals surface area contributed by atoms with Gasteiger partial charge < -0.3 is 9.88 Å². The average molecular weight is 555 g/mol. The lowest BCUT2D eigenvalue weighted by atomic mass is 9.91. The van der Waals surface area contributed by atoms with Gasteiger partial charge in [-0.3, -0.25) is 0 Å². The van der Waals surface area contributed by atoms with Crippen LogP contribution in [0.1, 0.15) is 36.5 Å². The molecule has 0 atom stereocenters. The second kappa shape index (κ2) is 11.2. The van der Waals surface area contributed by atoms with Gasteiger partial charge in [-0.15, -0.1) is 0 Å². The highest BCUT2D eigenvalue weighted by Gasteiger charge is 2.15. The molecule has 0 saturated carbocycles. The van der Waals surface area contributed by atoms with Gasteiger partial charge in [0.25, 0.3) is 0 Å². The van der Waals surface area contributed by atoms with E-state index in [9.17, 15) is 0 Å². The fourth-order valence-corrected chi connectivity index (χ4v) is 6.27. The van der Waals surface area contributed by atoms with E-state index in [4.69, 9.17) is 0 Å². The lowest BCUT2D eigenvalue weighted by molar-refractivity contribution is 0.967. The van der Waals surface area contributed by atoms with Crippen molar-refractivity contribution in [1.82, 2.24) is 4.57 Å². The highest BCUT2D eigenvalue weighted by Crippen LogP contribution is 2.37. The van der Waals surface area contributed by atoms with E-state index in [0.29, 0.717) is 0 Å². The molecule has 0 saturated heterocycles. The van der Waals surface area contributed by atoms with Gasteiger partial charge in [-0.05, 0) is 102 Å². The van der Waals surface area contributed by atoms with Gasteiger partial charge in [0.1, 0.15) is 0 Å². The molecule has 43 heavy (non-hydrogen) atoms. The van der Waals surface area contributed by atoms with Gasteiger partial charge in [0, 0.05) is 33.4 Å². The Labute approximate surface area is 253 Å². The summed E-state index contributed by atoms with van der Waals surface area (Å²) in [5, 5.41) is 6.22. The SMILES string of the molecule is C=Cc1ccc(Nc2cccc(-c3cccc(-n4c5ccccc5c5cc(C=C)ccc54)c3)c2)c(C2=C(C)CCC=C2)c1. The molecule has 0 bridgehead atoms. The van der Waals surface area contributed by atoms with Gasteiger partial charge in [0.15, 0.2) is 0 Å². The Morgan fingerprint density at radius 3 is 2.28 bits per heavy atom. The summed E-state index contributed by atoms with van der Waals surface area (Å²) in [5.41, 5.74) is 14.2. The summed E-state index contributed by atoms with van der Waals surface area (Å²) in [6.45, 7) is 10.2. The molecular weight excluding hydrogens is 520 g/mol. The number of nitrogens with one attached hydrogen (secondary N) is 1. The zero-order valence-corrected chi connectivity index (χ0v) is 24.5. The van der Waals surface area contributed by atoms with Crippen molar-refractivity contribution in [1.29, 1.82) is 0 Å². The number of anilines is 2. The third-order valence-electron chi connectivity index (χ3n) is 8.51. The highest BCUT2D eigenvalue weighted by molar-refractivity contribution is 6.10. The summed E-state index contributed by atoms with van der Waals surface area (Å²) in [7, 11) is 0. The average Bonchev–Trinajstić information content (AvgIpc) is 3.39. The van der Waals surface area contributed by atoms with E-state index in [1.165, 1.54) is 49.6 Å². The molecule has 1 heterocycles. The summed E-state index contributed by atoms with van der Waals surface area (Å²) < 4.78 is 2.37. The van der Waals surface area contributed by atoms with Gasteiger partial charge >= 0.3 is 0 Å². The Morgan fingerprint density at radius 2 is 1.44 bits per heavy atom. The smallest absolute Gasteiger partial charge is 0.0541 e. The van der Waals surface area contributed by atoms with Crippen LogP contribution >= 0.6 is 0 Å². The summed E-state index contributed by atoms with van der Waals surface area (Å²) in [6.07, 6.45) is 10.6. The Kier molecular flexibility index (Phi) is 6.89. The number of allylic oxidation sites excluding steroid dienone is 4. The number of rotatable bonds is 7. The number of benzene rings is 5. The van der Waals surface area contributed by atoms with E-state index < -0.39 is 0 Å². The van der Waals surface area contributed by atoms with Crippen LogP contribution in [0.2, 0.25) is 0 Å². The number of para-hydroxylation sites is 1. The fourth-order valence-electron chi connectivity index (χ4n) is 6.27. The molecule has 1 aliphatic carbocycles. The lowest BCUT2D eigenvalue weighted by Gasteiger charge is -2.19. The number of fused-ring (bicyclic) bond motifs is 3. The molecule has 0 aliphatic heterocycles. The Hall–Kier alpha value is -5.34. The van der Waals surface area contributed by atoms with E-state index >= 15 is 0 Å². The second-order valence-electron chi connectivity index (χ2n) is 11.2. The van der Waals surface area contributed by atoms with Gasteiger partial charge in [0.2, 0.25) is 0 Å². The van der Waals surface area contributed by atoms with Crippen molar-refractivity contribution in [2.24, 2.45) is 0 Å². The number of hydrogen-bond acceptors (Lipinski definition) is 1. The predicted octanol–water partition coefficient (Wildman–Crippen LogP) is 11.6. The van der Waals surface area contributed by atoms with Crippen molar-refractivity contribution in [2.75, 3.05) is 5.32 Å². The van der Waals surface area contributed by atoms with Gasteiger partial charge in [-0.25, -0.2) is 0 Å². The van der Waals surface area contributed by atoms with Crippen LogP contribution in [0.5, 0.6) is 0 Å². The van der Waals surface area contributed by atoms with Crippen molar-refractivity contribution >= 4 is 50.9 Å². The molecule has 0 amide bonds. The number of aromatic nitrogens is 1. The first-order valence-electron chi connectivity index (χ1n) is 14.9. The van der Waals surface area contributed by atoms with E-state index in [2.05, 4.69) is 151 Å². The number of nitrogens with zero attached hydrogens (tertiary/aromatic N) is 1. The molecule has 0 fully saturated rings. The summed E-state index contributed by atoms with van der Waals surface area (Å²) in [6, 6.07) is 39.3. The molecule has 0 unspecified atom stereocenters. The normalized spacial score (nSPS) is 13.0. The van der Waals surface area contributed by atoms with Gasteiger partial charge in [0.05, 0.1) is 11.0 Å². The Morgan fingerprint density at radius 1 is 0.698 bits per heavy atom. The highest BCUT2D eigenvalue weighted by atomic mass is 15.0. The van der Waals surface area contributed by atoms with E-state index in [1.807, 2.05) is 12.2 Å². The molecule has 1 aliphatic rings. The van der Waals surface area contributed by atoms with Crippen LogP contribution in [0.25, 0.3) is 56.3 Å². The summed E-state index contributed by atoms with van der Waals surface area (Å²) >= 11 is 0. The summed E-state index contributed by atoms with van der Waals surface area (Å²) in [5.74, 6) is 0. The third kappa shape index (κ3) is 4.91. The zero-order chi connectivity index (χ0) is 29.3. The molecule has 1 aromatic heterocycles. The maximum Gasteiger partial charge on any atom is 0.0541 e.